The van der Waals surface area contributed by atoms with E-state index in [9.17, 15) is 14.7 Å². The number of hydrogen-bond acceptors (Lipinski definition) is 5. The zero-order chi connectivity index (χ0) is 16.3. The van der Waals surface area contributed by atoms with Crippen LogP contribution in [0.5, 0.6) is 0 Å². The number of carbonyl (C=O) groups is 2. The third kappa shape index (κ3) is 3.20. The Labute approximate surface area is 130 Å². The summed E-state index contributed by atoms with van der Waals surface area (Å²) in [6.45, 7) is 7.88. The molecule has 1 aliphatic carbocycles. The molecular formula is C17H22O5. The number of esters is 1. The highest BCUT2D eigenvalue weighted by atomic mass is 16.6. The largest absolute Gasteiger partial charge is 0.454 e. The SMILES string of the molecule is C=C1C(=O)O[C@@H]2C=C(C)CCC=C(C=O)[C@@H](O)[C@@H](OCC)[C@@H]12. The van der Waals surface area contributed by atoms with E-state index in [1.54, 1.807) is 13.0 Å². The van der Waals surface area contributed by atoms with Crippen LogP contribution in [0.25, 0.3) is 0 Å². The van der Waals surface area contributed by atoms with Crippen LogP contribution < -0.4 is 0 Å². The Morgan fingerprint density at radius 1 is 1.55 bits per heavy atom. The molecule has 1 fully saturated rings. The first-order chi connectivity index (χ1) is 10.5. The number of allylic oxidation sites excluding steroid dienone is 2. The minimum Gasteiger partial charge on any atom is -0.454 e. The van der Waals surface area contributed by atoms with E-state index < -0.39 is 30.2 Å². The predicted molar refractivity (Wildman–Crippen MR) is 81.1 cm³/mol. The van der Waals surface area contributed by atoms with Gasteiger partial charge in [0, 0.05) is 17.8 Å². The number of rotatable bonds is 3. The Morgan fingerprint density at radius 2 is 2.27 bits per heavy atom. The third-order valence-corrected chi connectivity index (χ3v) is 4.13. The molecule has 0 bridgehead atoms. The van der Waals surface area contributed by atoms with Gasteiger partial charge in [-0.2, -0.15) is 0 Å². The average Bonchev–Trinajstić information content (AvgIpc) is 2.75. The maximum absolute atomic E-state index is 11.9. The van der Waals surface area contributed by atoms with E-state index in [4.69, 9.17) is 9.47 Å². The molecule has 0 radical (unpaired) electrons. The summed E-state index contributed by atoms with van der Waals surface area (Å²) in [5, 5.41) is 10.5. The fourth-order valence-electron chi connectivity index (χ4n) is 2.97. The molecule has 0 aromatic heterocycles. The highest BCUT2D eigenvalue weighted by Gasteiger charge is 2.46. The summed E-state index contributed by atoms with van der Waals surface area (Å²) in [7, 11) is 0. The van der Waals surface area contributed by atoms with Crippen LogP contribution in [0.1, 0.15) is 26.7 Å². The van der Waals surface area contributed by atoms with Crippen LogP contribution in [0.3, 0.4) is 0 Å². The van der Waals surface area contributed by atoms with Crippen molar-refractivity contribution in [2.24, 2.45) is 5.92 Å². The number of ether oxygens (including phenoxy) is 2. The van der Waals surface area contributed by atoms with Gasteiger partial charge in [0.2, 0.25) is 0 Å². The molecule has 2 rings (SSSR count). The van der Waals surface area contributed by atoms with Gasteiger partial charge in [0.25, 0.3) is 0 Å². The van der Waals surface area contributed by atoms with Crippen LogP contribution >= 0.6 is 0 Å². The van der Waals surface area contributed by atoms with E-state index in [0.717, 1.165) is 12.0 Å². The number of hydrogen-bond donors (Lipinski definition) is 1. The highest BCUT2D eigenvalue weighted by Crippen LogP contribution is 2.36. The van der Waals surface area contributed by atoms with Gasteiger partial charge in [-0.05, 0) is 32.8 Å². The standard InChI is InChI=1S/C17H22O5/c1-4-21-16-14-11(3)17(20)22-13(14)8-10(2)6-5-7-12(9-18)15(16)19/h7-9,13-16,19H,3-6H2,1-2H3/t13-,14+,15-,16+/m1/s1. The lowest BCUT2D eigenvalue weighted by molar-refractivity contribution is -0.138. The molecular weight excluding hydrogens is 284 g/mol. The Balaban J connectivity index is 2.47. The van der Waals surface area contributed by atoms with E-state index in [1.807, 2.05) is 13.0 Å². The summed E-state index contributed by atoms with van der Waals surface area (Å²) in [5.41, 5.74) is 1.61. The summed E-state index contributed by atoms with van der Waals surface area (Å²) < 4.78 is 11.0. The van der Waals surface area contributed by atoms with Gasteiger partial charge in [-0.25, -0.2) is 4.79 Å². The van der Waals surface area contributed by atoms with Gasteiger partial charge in [-0.1, -0.05) is 18.2 Å². The highest BCUT2D eigenvalue weighted by molar-refractivity contribution is 5.91. The molecule has 120 valence electrons. The summed E-state index contributed by atoms with van der Waals surface area (Å²) in [5.74, 6) is -0.981. The van der Waals surface area contributed by atoms with Crippen LogP contribution in [-0.2, 0) is 19.1 Å². The molecule has 0 amide bonds. The van der Waals surface area contributed by atoms with Crippen molar-refractivity contribution in [3.8, 4) is 0 Å². The van der Waals surface area contributed by atoms with Crippen molar-refractivity contribution in [2.75, 3.05) is 6.61 Å². The molecule has 0 aromatic rings. The molecule has 0 spiro atoms. The van der Waals surface area contributed by atoms with Crippen molar-refractivity contribution in [2.45, 2.75) is 45.0 Å². The number of aldehydes is 1. The molecule has 0 saturated carbocycles. The molecule has 5 nitrogen and oxygen atoms in total. The van der Waals surface area contributed by atoms with Gasteiger partial charge < -0.3 is 14.6 Å². The topological polar surface area (TPSA) is 72.8 Å². The van der Waals surface area contributed by atoms with Gasteiger partial charge in [0.15, 0.2) is 0 Å². The molecule has 22 heavy (non-hydrogen) atoms. The third-order valence-electron chi connectivity index (χ3n) is 4.13. The van der Waals surface area contributed by atoms with Gasteiger partial charge >= 0.3 is 5.97 Å². The number of aliphatic hydroxyl groups is 1. The smallest absolute Gasteiger partial charge is 0.334 e. The lowest BCUT2D eigenvalue weighted by Crippen LogP contribution is -2.41. The monoisotopic (exact) mass is 306 g/mol. The molecule has 5 heteroatoms. The Morgan fingerprint density at radius 3 is 2.91 bits per heavy atom. The molecule has 1 N–H and O–H groups in total. The quantitative estimate of drug-likeness (QED) is 0.372. The van der Waals surface area contributed by atoms with Crippen molar-refractivity contribution in [1.82, 2.24) is 0 Å². The number of aliphatic hydroxyl groups excluding tert-OH is 1. The summed E-state index contributed by atoms with van der Waals surface area (Å²) in [6.07, 6.45) is 3.26. The van der Waals surface area contributed by atoms with Crippen LogP contribution in [-0.4, -0.2) is 42.3 Å². The second-order valence-electron chi connectivity index (χ2n) is 5.66. The summed E-state index contributed by atoms with van der Waals surface area (Å²) in [4.78, 5) is 23.2. The zero-order valence-electron chi connectivity index (χ0n) is 13.0. The van der Waals surface area contributed by atoms with Crippen LogP contribution in [0.4, 0.5) is 0 Å². The van der Waals surface area contributed by atoms with Gasteiger partial charge in [0.1, 0.15) is 18.5 Å². The van der Waals surface area contributed by atoms with Crippen molar-refractivity contribution in [3.63, 3.8) is 0 Å². The van der Waals surface area contributed by atoms with Crippen LogP contribution in [0.15, 0.2) is 35.5 Å². The molecule has 2 aliphatic rings. The van der Waals surface area contributed by atoms with E-state index in [-0.39, 0.29) is 11.1 Å². The summed E-state index contributed by atoms with van der Waals surface area (Å²) >= 11 is 0. The van der Waals surface area contributed by atoms with Gasteiger partial charge in [-0.15, -0.1) is 0 Å². The molecule has 0 unspecified atom stereocenters. The van der Waals surface area contributed by atoms with E-state index >= 15 is 0 Å². The first kappa shape index (κ1) is 16.6. The number of carbonyl (C=O) groups excluding carboxylic acids is 2. The van der Waals surface area contributed by atoms with Gasteiger partial charge in [0.05, 0.1) is 12.0 Å². The number of fused-ring (bicyclic) bond motifs is 1. The van der Waals surface area contributed by atoms with Gasteiger partial charge in [-0.3, -0.25) is 4.79 Å². The molecule has 1 aliphatic heterocycles. The Bertz CT molecular complexity index is 531. The first-order valence-corrected chi connectivity index (χ1v) is 7.51. The van der Waals surface area contributed by atoms with Crippen molar-refractivity contribution < 1.29 is 24.2 Å². The lowest BCUT2D eigenvalue weighted by Gasteiger charge is -2.30. The first-order valence-electron chi connectivity index (χ1n) is 7.51. The van der Waals surface area contributed by atoms with E-state index in [1.165, 1.54) is 0 Å². The lowest BCUT2D eigenvalue weighted by atomic mass is 9.84. The minimum absolute atomic E-state index is 0.275. The second-order valence-corrected chi connectivity index (χ2v) is 5.66. The Kier molecular flexibility index (Phi) is 5.32. The zero-order valence-corrected chi connectivity index (χ0v) is 13.0. The second kappa shape index (κ2) is 7.03. The normalized spacial score (nSPS) is 32.7. The fraction of sp³-hybridized carbons (Fsp3) is 0.529. The minimum atomic E-state index is -1.11. The van der Waals surface area contributed by atoms with Crippen LogP contribution in [0, 0.1) is 5.92 Å². The van der Waals surface area contributed by atoms with Crippen molar-refractivity contribution >= 4 is 12.3 Å². The molecule has 1 heterocycles. The Hall–Kier alpha value is -1.72. The maximum Gasteiger partial charge on any atom is 0.334 e. The van der Waals surface area contributed by atoms with Crippen molar-refractivity contribution in [3.05, 3.63) is 35.5 Å². The molecule has 4 atom stereocenters. The van der Waals surface area contributed by atoms with E-state index in [2.05, 4.69) is 6.58 Å². The average molecular weight is 306 g/mol. The van der Waals surface area contributed by atoms with Crippen LogP contribution in [0.2, 0.25) is 0 Å². The van der Waals surface area contributed by atoms with Crippen molar-refractivity contribution in [1.29, 1.82) is 0 Å². The van der Waals surface area contributed by atoms with E-state index in [0.29, 0.717) is 19.3 Å². The fourth-order valence-corrected chi connectivity index (χ4v) is 2.97. The summed E-state index contributed by atoms with van der Waals surface area (Å²) in [6, 6.07) is 0. The predicted octanol–water partition coefficient (Wildman–Crippen LogP) is 1.72. The maximum atomic E-state index is 11.9. The molecule has 1 saturated heterocycles. The molecule has 0 aromatic carbocycles.